The molecule has 1 heterocycles. The zero-order chi connectivity index (χ0) is 12.0. The van der Waals surface area contributed by atoms with E-state index < -0.39 is 12.6 Å². The maximum absolute atomic E-state index is 11.8. The summed E-state index contributed by atoms with van der Waals surface area (Å²) in [4.78, 5) is 0. The molecule has 92 valence electrons. The number of aromatic nitrogens is 2. The molecule has 1 aromatic rings. The highest BCUT2D eigenvalue weighted by Crippen LogP contribution is 2.20. The molecule has 6 heteroatoms. The van der Waals surface area contributed by atoms with E-state index in [9.17, 15) is 13.2 Å². The van der Waals surface area contributed by atoms with Gasteiger partial charge in [-0.05, 0) is 31.5 Å². The van der Waals surface area contributed by atoms with Crippen LogP contribution >= 0.6 is 0 Å². The lowest BCUT2D eigenvalue weighted by atomic mass is 10.2. The number of alkyl halides is 3. The summed E-state index contributed by atoms with van der Waals surface area (Å²) in [6, 6.07) is 0. The van der Waals surface area contributed by atoms with E-state index in [4.69, 9.17) is 0 Å². The van der Waals surface area contributed by atoms with Crippen LogP contribution in [0.15, 0.2) is 12.4 Å². The fourth-order valence-corrected chi connectivity index (χ4v) is 1.37. The molecule has 0 saturated carbocycles. The van der Waals surface area contributed by atoms with E-state index >= 15 is 0 Å². The first-order valence-electron chi connectivity index (χ1n) is 5.22. The van der Waals surface area contributed by atoms with Crippen molar-refractivity contribution in [2.45, 2.75) is 25.4 Å². The fourth-order valence-electron chi connectivity index (χ4n) is 1.37. The van der Waals surface area contributed by atoms with Gasteiger partial charge in [0, 0.05) is 19.7 Å². The lowest BCUT2D eigenvalue weighted by Crippen LogP contribution is -2.20. The third kappa shape index (κ3) is 5.75. The van der Waals surface area contributed by atoms with Crippen molar-refractivity contribution in [1.29, 1.82) is 0 Å². The van der Waals surface area contributed by atoms with Crippen molar-refractivity contribution in [1.82, 2.24) is 15.1 Å². The Balaban J connectivity index is 2.00. The van der Waals surface area contributed by atoms with Crippen molar-refractivity contribution >= 4 is 0 Å². The van der Waals surface area contributed by atoms with Crippen molar-refractivity contribution in [3.05, 3.63) is 18.0 Å². The molecule has 0 saturated heterocycles. The van der Waals surface area contributed by atoms with Gasteiger partial charge in [-0.3, -0.25) is 4.68 Å². The van der Waals surface area contributed by atoms with Crippen LogP contribution < -0.4 is 5.32 Å². The predicted molar refractivity (Wildman–Crippen MR) is 55.1 cm³/mol. The van der Waals surface area contributed by atoms with E-state index in [2.05, 4.69) is 10.4 Å². The Morgan fingerprint density at radius 1 is 1.38 bits per heavy atom. The first-order chi connectivity index (χ1) is 7.47. The Morgan fingerprint density at radius 2 is 2.12 bits per heavy atom. The van der Waals surface area contributed by atoms with E-state index in [0.717, 1.165) is 12.0 Å². The van der Waals surface area contributed by atoms with Gasteiger partial charge < -0.3 is 5.32 Å². The van der Waals surface area contributed by atoms with Gasteiger partial charge >= 0.3 is 6.18 Å². The van der Waals surface area contributed by atoms with Crippen LogP contribution in [0.5, 0.6) is 0 Å². The molecular weight excluding hydrogens is 219 g/mol. The maximum atomic E-state index is 11.8. The molecule has 0 atom stereocenters. The van der Waals surface area contributed by atoms with Gasteiger partial charge in [-0.2, -0.15) is 18.3 Å². The van der Waals surface area contributed by atoms with Crippen molar-refractivity contribution in [3.8, 4) is 0 Å². The number of aryl methyl sites for hydroxylation is 1. The zero-order valence-corrected chi connectivity index (χ0v) is 9.22. The SMILES string of the molecule is Cn1cc(CCNCCCC(F)(F)F)cn1. The molecule has 0 aliphatic rings. The first-order valence-corrected chi connectivity index (χ1v) is 5.22. The zero-order valence-electron chi connectivity index (χ0n) is 9.22. The molecule has 0 fully saturated rings. The monoisotopic (exact) mass is 235 g/mol. The van der Waals surface area contributed by atoms with Crippen LogP contribution in [0.4, 0.5) is 13.2 Å². The Hall–Kier alpha value is -1.04. The van der Waals surface area contributed by atoms with Crippen LogP contribution in [-0.4, -0.2) is 29.0 Å². The van der Waals surface area contributed by atoms with E-state index in [1.165, 1.54) is 0 Å². The molecule has 0 aromatic carbocycles. The van der Waals surface area contributed by atoms with Gasteiger partial charge in [0.1, 0.15) is 0 Å². The molecule has 0 aliphatic carbocycles. The Morgan fingerprint density at radius 3 is 2.69 bits per heavy atom. The predicted octanol–water partition coefficient (Wildman–Crippen LogP) is 1.89. The molecule has 1 rings (SSSR count). The molecule has 0 radical (unpaired) electrons. The van der Waals surface area contributed by atoms with Crippen LogP contribution in [0.3, 0.4) is 0 Å². The highest BCUT2D eigenvalue weighted by Gasteiger charge is 2.25. The Kier molecular flexibility index (Phi) is 4.79. The summed E-state index contributed by atoms with van der Waals surface area (Å²) in [6.07, 6.45) is -0.164. The van der Waals surface area contributed by atoms with E-state index in [1.807, 2.05) is 13.2 Å². The van der Waals surface area contributed by atoms with Crippen LogP contribution in [0.2, 0.25) is 0 Å². The minimum absolute atomic E-state index is 0.135. The standard InChI is InChI=1S/C10H16F3N3/c1-16-8-9(7-15-16)3-6-14-5-2-4-10(11,12)13/h7-8,14H,2-6H2,1H3. The van der Waals surface area contributed by atoms with Gasteiger partial charge in [0.15, 0.2) is 0 Å². The number of nitrogens with one attached hydrogen (secondary N) is 1. The lowest BCUT2D eigenvalue weighted by molar-refractivity contribution is -0.135. The summed E-state index contributed by atoms with van der Waals surface area (Å²) in [6.45, 7) is 1.09. The van der Waals surface area contributed by atoms with E-state index in [1.54, 1.807) is 10.9 Å². The normalized spacial score (nSPS) is 12.0. The van der Waals surface area contributed by atoms with Crippen molar-refractivity contribution < 1.29 is 13.2 Å². The van der Waals surface area contributed by atoms with Crippen LogP contribution in [0.1, 0.15) is 18.4 Å². The molecule has 0 aliphatic heterocycles. The number of rotatable bonds is 6. The summed E-state index contributed by atoms with van der Waals surface area (Å²) < 4.78 is 37.1. The molecule has 1 N–H and O–H groups in total. The Labute approximate surface area is 92.6 Å². The van der Waals surface area contributed by atoms with E-state index in [-0.39, 0.29) is 6.42 Å². The van der Waals surface area contributed by atoms with Crippen molar-refractivity contribution in [3.63, 3.8) is 0 Å². The highest BCUT2D eigenvalue weighted by molar-refractivity contribution is 5.03. The second kappa shape index (κ2) is 5.89. The Bertz CT molecular complexity index is 307. The summed E-state index contributed by atoms with van der Waals surface area (Å²) >= 11 is 0. The third-order valence-electron chi connectivity index (χ3n) is 2.16. The lowest BCUT2D eigenvalue weighted by Gasteiger charge is -2.06. The largest absolute Gasteiger partial charge is 0.389 e. The molecule has 0 amide bonds. The number of halogens is 3. The van der Waals surface area contributed by atoms with Crippen molar-refractivity contribution in [2.24, 2.45) is 7.05 Å². The van der Waals surface area contributed by atoms with Gasteiger partial charge in [0.2, 0.25) is 0 Å². The molecule has 1 aromatic heterocycles. The fraction of sp³-hybridized carbons (Fsp3) is 0.700. The molecule has 3 nitrogen and oxygen atoms in total. The third-order valence-corrected chi connectivity index (χ3v) is 2.16. The number of hydrogen-bond donors (Lipinski definition) is 1. The molecule has 0 bridgehead atoms. The second-order valence-corrected chi connectivity index (χ2v) is 3.74. The number of nitrogens with zero attached hydrogens (tertiary/aromatic N) is 2. The summed E-state index contributed by atoms with van der Waals surface area (Å²) in [5, 5.41) is 6.98. The molecule has 0 unspecified atom stereocenters. The average molecular weight is 235 g/mol. The molecule has 16 heavy (non-hydrogen) atoms. The van der Waals surface area contributed by atoms with Crippen LogP contribution in [-0.2, 0) is 13.5 Å². The minimum Gasteiger partial charge on any atom is -0.316 e. The molecular formula is C10H16F3N3. The quantitative estimate of drug-likeness (QED) is 0.763. The van der Waals surface area contributed by atoms with Crippen LogP contribution in [0.25, 0.3) is 0 Å². The summed E-state index contributed by atoms with van der Waals surface area (Å²) in [7, 11) is 1.83. The van der Waals surface area contributed by atoms with E-state index in [0.29, 0.717) is 13.1 Å². The maximum Gasteiger partial charge on any atom is 0.389 e. The van der Waals surface area contributed by atoms with Gasteiger partial charge in [0.25, 0.3) is 0 Å². The molecule has 0 spiro atoms. The first kappa shape index (κ1) is 13.0. The second-order valence-electron chi connectivity index (χ2n) is 3.74. The van der Waals surface area contributed by atoms with Gasteiger partial charge in [0.05, 0.1) is 6.20 Å². The van der Waals surface area contributed by atoms with Gasteiger partial charge in [-0.25, -0.2) is 0 Å². The smallest absolute Gasteiger partial charge is 0.316 e. The topological polar surface area (TPSA) is 29.9 Å². The summed E-state index contributed by atoms with van der Waals surface area (Å²) in [5.74, 6) is 0. The summed E-state index contributed by atoms with van der Waals surface area (Å²) in [5.41, 5.74) is 1.09. The van der Waals surface area contributed by atoms with Crippen molar-refractivity contribution in [2.75, 3.05) is 13.1 Å². The van der Waals surface area contributed by atoms with Gasteiger partial charge in [-0.1, -0.05) is 0 Å². The van der Waals surface area contributed by atoms with Gasteiger partial charge in [-0.15, -0.1) is 0 Å². The minimum atomic E-state index is -4.04. The number of hydrogen-bond acceptors (Lipinski definition) is 2. The highest BCUT2D eigenvalue weighted by atomic mass is 19.4. The average Bonchev–Trinajstić information content (AvgIpc) is 2.56. The van der Waals surface area contributed by atoms with Crippen LogP contribution in [0, 0.1) is 0 Å².